The van der Waals surface area contributed by atoms with Crippen LogP contribution in [0.15, 0.2) is 22.9 Å². The fourth-order valence-corrected chi connectivity index (χ4v) is 2.80. The van der Waals surface area contributed by atoms with Crippen LogP contribution in [-0.2, 0) is 0 Å². The third-order valence-corrected chi connectivity index (χ3v) is 3.68. The van der Waals surface area contributed by atoms with Crippen LogP contribution in [0.5, 0.6) is 0 Å². The minimum absolute atomic E-state index is 0.545. The van der Waals surface area contributed by atoms with Crippen LogP contribution in [0.2, 0.25) is 0 Å². The van der Waals surface area contributed by atoms with Gasteiger partial charge in [0.2, 0.25) is 0 Å². The zero-order valence-corrected chi connectivity index (χ0v) is 12.6. The van der Waals surface area contributed by atoms with Crippen molar-refractivity contribution in [3.63, 3.8) is 0 Å². The fraction of sp³-hybridized carbons (Fsp3) is 0.647. The Morgan fingerprint density at radius 2 is 2.05 bits per heavy atom. The van der Waals surface area contributed by atoms with Crippen molar-refractivity contribution in [2.45, 2.75) is 65.0 Å². The Balaban J connectivity index is 2.33. The quantitative estimate of drug-likeness (QED) is 0.731. The van der Waals surface area contributed by atoms with E-state index in [-0.39, 0.29) is 0 Å². The maximum absolute atomic E-state index is 9.76. The number of hydrogen-bond acceptors (Lipinski definition) is 2. The molecule has 104 valence electrons. The normalized spacial score (nSPS) is 19.9. The summed E-state index contributed by atoms with van der Waals surface area (Å²) in [6, 6.07) is 0.545. The second-order valence-corrected chi connectivity index (χ2v) is 6.28. The second kappa shape index (κ2) is 5.43. The average Bonchev–Trinajstić information content (AvgIpc) is 2.34. The van der Waals surface area contributed by atoms with Gasteiger partial charge in [0.15, 0.2) is 0 Å². The first-order valence-electron chi connectivity index (χ1n) is 7.33. The first-order valence-corrected chi connectivity index (χ1v) is 7.33. The van der Waals surface area contributed by atoms with Crippen molar-refractivity contribution in [3.8, 4) is 11.8 Å². The van der Waals surface area contributed by atoms with Gasteiger partial charge in [0.05, 0.1) is 0 Å². The highest BCUT2D eigenvalue weighted by Gasteiger charge is 2.25. The highest BCUT2D eigenvalue weighted by Crippen LogP contribution is 2.35. The summed E-state index contributed by atoms with van der Waals surface area (Å²) in [6.45, 7) is 9.14. The lowest BCUT2D eigenvalue weighted by molar-refractivity contribution is 0.143. The summed E-state index contributed by atoms with van der Waals surface area (Å²) in [7, 11) is 0. The van der Waals surface area contributed by atoms with Crippen LogP contribution in [-0.4, -0.2) is 28.2 Å². The Bertz CT molecular complexity index is 466. The third kappa shape index (κ3) is 3.42. The van der Waals surface area contributed by atoms with Gasteiger partial charge in [-0.05, 0) is 59.0 Å². The Hall–Kier alpha value is -1.20. The van der Waals surface area contributed by atoms with Crippen molar-refractivity contribution in [2.24, 2.45) is 0 Å². The van der Waals surface area contributed by atoms with Crippen LogP contribution < -0.4 is 0 Å². The molecular weight excluding hydrogens is 234 g/mol. The minimum Gasteiger partial charge on any atom is -0.378 e. The molecule has 0 spiro atoms. The molecule has 1 aliphatic carbocycles. The summed E-state index contributed by atoms with van der Waals surface area (Å²) in [6.07, 6.45) is 6.79. The fourth-order valence-electron chi connectivity index (χ4n) is 2.80. The van der Waals surface area contributed by atoms with E-state index in [2.05, 4.69) is 36.7 Å². The largest absolute Gasteiger partial charge is 0.378 e. The van der Waals surface area contributed by atoms with E-state index in [4.69, 9.17) is 0 Å². The molecule has 0 unspecified atom stereocenters. The molecule has 0 aromatic heterocycles. The van der Waals surface area contributed by atoms with E-state index in [1.807, 2.05) is 0 Å². The number of piperidine rings is 1. The van der Waals surface area contributed by atoms with E-state index in [0.29, 0.717) is 6.04 Å². The lowest BCUT2D eigenvalue weighted by atomic mass is 9.87. The van der Waals surface area contributed by atoms with E-state index in [0.717, 1.165) is 25.8 Å². The van der Waals surface area contributed by atoms with Crippen LogP contribution in [0.25, 0.3) is 0 Å². The molecule has 0 amide bonds. The van der Waals surface area contributed by atoms with Gasteiger partial charge in [-0.25, -0.2) is 0 Å². The minimum atomic E-state index is -0.902. The van der Waals surface area contributed by atoms with Crippen LogP contribution in [0, 0.1) is 11.8 Å². The molecule has 1 N–H and O–H groups in total. The number of aliphatic hydroxyl groups is 1. The molecule has 0 atom stereocenters. The van der Waals surface area contributed by atoms with E-state index in [1.54, 1.807) is 13.8 Å². The Morgan fingerprint density at radius 1 is 1.32 bits per heavy atom. The predicted octanol–water partition coefficient (Wildman–Crippen LogP) is 3.24. The van der Waals surface area contributed by atoms with Gasteiger partial charge in [-0.15, -0.1) is 0 Å². The Morgan fingerprint density at radius 3 is 2.68 bits per heavy atom. The molecule has 2 aliphatic rings. The molecule has 2 rings (SSSR count). The number of fused-ring (bicyclic) bond motifs is 1. The zero-order valence-electron chi connectivity index (χ0n) is 12.6. The van der Waals surface area contributed by atoms with Crippen LogP contribution in [0.4, 0.5) is 0 Å². The maximum Gasteiger partial charge on any atom is 0.120 e. The van der Waals surface area contributed by atoms with Gasteiger partial charge in [0.1, 0.15) is 5.60 Å². The zero-order chi connectivity index (χ0) is 14.0. The Kier molecular flexibility index (Phi) is 4.06. The smallest absolute Gasteiger partial charge is 0.120 e. The SMILES string of the molecule is CC(C)N1CCCC2=C(C#CC(C)(C)O)CCC=C21. The van der Waals surface area contributed by atoms with Crippen molar-refractivity contribution in [1.82, 2.24) is 4.90 Å². The number of likely N-dealkylation sites (tertiary alicyclic amines) is 1. The van der Waals surface area contributed by atoms with Crippen molar-refractivity contribution in [3.05, 3.63) is 22.9 Å². The molecule has 1 heterocycles. The number of allylic oxidation sites excluding steroid dienone is 3. The van der Waals surface area contributed by atoms with Gasteiger partial charge in [0.25, 0.3) is 0 Å². The van der Waals surface area contributed by atoms with Crippen LogP contribution >= 0.6 is 0 Å². The van der Waals surface area contributed by atoms with Gasteiger partial charge in [0, 0.05) is 23.9 Å². The molecule has 0 aromatic rings. The standard InChI is InChI=1S/C17H25NO/c1-13(2)18-12-6-8-15-14(7-5-9-16(15)18)10-11-17(3,4)19/h9,13,19H,5-8,12H2,1-4H3. The third-order valence-electron chi connectivity index (χ3n) is 3.68. The molecule has 0 saturated carbocycles. The molecule has 2 nitrogen and oxygen atoms in total. The Labute approximate surface area is 117 Å². The molecule has 0 radical (unpaired) electrons. The number of nitrogens with zero attached hydrogens (tertiary/aromatic N) is 1. The van der Waals surface area contributed by atoms with Crippen molar-refractivity contribution < 1.29 is 5.11 Å². The van der Waals surface area contributed by atoms with Crippen LogP contribution in [0.1, 0.15) is 53.4 Å². The summed E-state index contributed by atoms with van der Waals surface area (Å²) < 4.78 is 0. The van der Waals surface area contributed by atoms with Crippen molar-refractivity contribution in [1.29, 1.82) is 0 Å². The highest BCUT2D eigenvalue weighted by atomic mass is 16.3. The van der Waals surface area contributed by atoms with Gasteiger partial charge in [-0.3, -0.25) is 0 Å². The molecule has 1 fully saturated rings. The van der Waals surface area contributed by atoms with E-state index >= 15 is 0 Å². The molecular formula is C17H25NO. The first-order chi connectivity index (χ1) is 8.88. The van der Waals surface area contributed by atoms with Crippen molar-refractivity contribution in [2.75, 3.05) is 6.54 Å². The molecule has 1 saturated heterocycles. The molecule has 0 aromatic carbocycles. The maximum atomic E-state index is 9.76. The number of hydrogen-bond donors (Lipinski definition) is 1. The van der Waals surface area contributed by atoms with Gasteiger partial charge in [-0.1, -0.05) is 17.9 Å². The van der Waals surface area contributed by atoms with Crippen molar-refractivity contribution >= 4 is 0 Å². The predicted molar refractivity (Wildman–Crippen MR) is 79.5 cm³/mol. The average molecular weight is 259 g/mol. The monoisotopic (exact) mass is 259 g/mol. The number of rotatable bonds is 1. The summed E-state index contributed by atoms with van der Waals surface area (Å²) >= 11 is 0. The highest BCUT2D eigenvalue weighted by molar-refractivity contribution is 5.47. The van der Waals surface area contributed by atoms with Gasteiger partial charge >= 0.3 is 0 Å². The van der Waals surface area contributed by atoms with E-state index in [9.17, 15) is 5.11 Å². The van der Waals surface area contributed by atoms with Crippen LogP contribution in [0.3, 0.4) is 0 Å². The summed E-state index contributed by atoms with van der Waals surface area (Å²) in [4.78, 5) is 2.49. The topological polar surface area (TPSA) is 23.5 Å². The second-order valence-electron chi connectivity index (χ2n) is 6.28. The molecule has 19 heavy (non-hydrogen) atoms. The lowest BCUT2D eigenvalue weighted by Crippen LogP contribution is -2.36. The molecule has 1 aliphatic heterocycles. The van der Waals surface area contributed by atoms with Gasteiger partial charge < -0.3 is 10.0 Å². The lowest BCUT2D eigenvalue weighted by Gasteiger charge is -2.39. The summed E-state index contributed by atoms with van der Waals surface area (Å²) in [5.41, 5.74) is 3.15. The molecule has 0 bridgehead atoms. The van der Waals surface area contributed by atoms with Gasteiger partial charge in [-0.2, -0.15) is 0 Å². The first kappa shape index (κ1) is 14.2. The van der Waals surface area contributed by atoms with E-state index < -0.39 is 5.60 Å². The summed E-state index contributed by atoms with van der Waals surface area (Å²) in [5, 5.41) is 9.76. The molecule has 2 heteroatoms. The van der Waals surface area contributed by atoms with E-state index in [1.165, 1.54) is 23.3 Å². The summed E-state index contributed by atoms with van der Waals surface area (Å²) in [5.74, 6) is 6.20.